The van der Waals surface area contributed by atoms with Gasteiger partial charge in [-0.2, -0.15) is 0 Å². The molecule has 2 aromatic carbocycles. The number of hydrogen-bond donors (Lipinski definition) is 1. The number of aromatic nitrogens is 1. The van der Waals surface area contributed by atoms with Gasteiger partial charge in [-0.05, 0) is 76.1 Å². The Bertz CT molecular complexity index is 1590. The van der Waals surface area contributed by atoms with E-state index in [0.717, 1.165) is 0 Å². The lowest BCUT2D eigenvalue weighted by Crippen LogP contribution is -2.40. The molecular formula is C29H32N2O7S. The molecule has 0 unspecified atom stereocenters. The summed E-state index contributed by atoms with van der Waals surface area (Å²) >= 11 is 1.22. The maximum Gasteiger partial charge on any atom is 0.338 e. The first-order valence-corrected chi connectivity index (χ1v) is 13.7. The van der Waals surface area contributed by atoms with Crippen LogP contribution in [0.25, 0.3) is 6.08 Å². The summed E-state index contributed by atoms with van der Waals surface area (Å²) in [6.45, 7) is 10.5. The Balaban J connectivity index is 1.93. The molecule has 10 heteroatoms. The summed E-state index contributed by atoms with van der Waals surface area (Å²) < 4.78 is 24.4. The highest BCUT2D eigenvalue weighted by Gasteiger charge is 2.34. The second-order valence-electron chi connectivity index (χ2n) is 8.53. The van der Waals surface area contributed by atoms with Gasteiger partial charge in [0.05, 0.1) is 48.3 Å². The van der Waals surface area contributed by atoms with Crippen LogP contribution >= 0.6 is 11.3 Å². The molecule has 0 saturated heterocycles. The van der Waals surface area contributed by atoms with Crippen molar-refractivity contribution in [2.75, 3.05) is 26.4 Å². The smallest absolute Gasteiger partial charge is 0.338 e. The number of fused-ring (bicyclic) bond motifs is 1. The molecule has 1 aliphatic rings. The zero-order chi connectivity index (χ0) is 28.1. The molecule has 0 amide bonds. The fourth-order valence-electron chi connectivity index (χ4n) is 4.39. The lowest BCUT2D eigenvalue weighted by Gasteiger charge is -2.25. The van der Waals surface area contributed by atoms with Crippen LogP contribution < -0.4 is 29.1 Å². The van der Waals surface area contributed by atoms with E-state index in [4.69, 9.17) is 18.9 Å². The third kappa shape index (κ3) is 5.70. The third-order valence-corrected chi connectivity index (χ3v) is 6.96. The van der Waals surface area contributed by atoms with Crippen molar-refractivity contribution in [3.8, 4) is 23.0 Å². The van der Waals surface area contributed by atoms with Crippen LogP contribution in [0.5, 0.6) is 23.0 Å². The predicted octanol–water partition coefficient (Wildman–Crippen LogP) is 3.70. The Morgan fingerprint density at radius 1 is 0.974 bits per heavy atom. The van der Waals surface area contributed by atoms with Crippen LogP contribution in [-0.4, -0.2) is 42.1 Å². The van der Waals surface area contributed by atoms with Gasteiger partial charge < -0.3 is 24.1 Å². The average Bonchev–Trinajstić information content (AvgIpc) is 3.21. The SMILES string of the molecule is CCOC(=O)C1=C(C)N=c2s/c(=C\c3ccc(O)c(OCC)c3)c(=O)n2[C@H]1c1ccc(OCC)c(OCC)c1. The lowest BCUT2D eigenvalue weighted by atomic mass is 9.95. The van der Waals surface area contributed by atoms with Gasteiger partial charge in [0, 0.05) is 0 Å². The van der Waals surface area contributed by atoms with E-state index < -0.39 is 12.0 Å². The van der Waals surface area contributed by atoms with Crippen LogP contribution in [0.4, 0.5) is 0 Å². The molecule has 1 aromatic heterocycles. The molecule has 3 aromatic rings. The third-order valence-electron chi connectivity index (χ3n) is 5.98. The van der Waals surface area contributed by atoms with Crippen molar-refractivity contribution in [3.63, 3.8) is 0 Å². The molecule has 0 radical (unpaired) electrons. The van der Waals surface area contributed by atoms with Gasteiger partial charge in [-0.3, -0.25) is 9.36 Å². The molecule has 39 heavy (non-hydrogen) atoms. The summed E-state index contributed by atoms with van der Waals surface area (Å²) in [5, 5.41) is 10.1. The van der Waals surface area contributed by atoms with Crippen LogP contribution in [0.15, 0.2) is 57.5 Å². The van der Waals surface area contributed by atoms with Crippen molar-refractivity contribution < 1.29 is 28.8 Å². The zero-order valence-electron chi connectivity index (χ0n) is 22.6. The van der Waals surface area contributed by atoms with E-state index in [-0.39, 0.29) is 23.5 Å². The van der Waals surface area contributed by atoms with Gasteiger partial charge in [0.15, 0.2) is 27.8 Å². The Labute approximate surface area is 230 Å². The highest BCUT2D eigenvalue weighted by molar-refractivity contribution is 7.07. The number of allylic oxidation sites excluding steroid dienone is 1. The molecule has 0 spiro atoms. The summed E-state index contributed by atoms with van der Waals surface area (Å²) in [4.78, 5) is 32.1. The van der Waals surface area contributed by atoms with Crippen LogP contribution in [-0.2, 0) is 9.53 Å². The van der Waals surface area contributed by atoms with Gasteiger partial charge in [0.25, 0.3) is 5.56 Å². The molecule has 4 rings (SSSR count). The first kappa shape index (κ1) is 28.0. The minimum Gasteiger partial charge on any atom is -0.504 e. The van der Waals surface area contributed by atoms with E-state index in [0.29, 0.717) is 63.2 Å². The van der Waals surface area contributed by atoms with Crippen LogP contribution in [0.2, 0.25) is 0 Å². The number of esters is 1. The van der Waals surface area contributed by atoms with Crippen molar-refractivity contribution in [2.24, 2.45) is 4.99 Å². The number of phenols is 1. The number of phenolic OH excluding ortho intramolecular Hbond substituents is 1. The molecule has 1 aliphatic heterocycles. The van der Waals surface area contributed by atoms with Gasteiger partial charge in [-0.15, -0.1) is 0 Å². The van der Waals surface area contributed by atoms with E-state index >= 15 is 0 Å². The standard InChI is InChI=1S/C29H32N2O7S/c1-6-35-21-13-11-19(16-23(21)37-8-3)26-25(28(34)38-9-4)17(5)30-29-31(26)27(33)24(39-29)15-18-10-12-20(32)22(14-18)36-7-2/h10-16,26,32H,6-9H2,1-5H3/b24-15-/t26-/m0/s1. The Morgan fingerprint density at radius 2 is 1.67 bits per heavy atom. The highest BCUT2D eigenvalue weighted by Crippen LogP contribution is 2.36. The number of carbonyl (C=O) groups excluding carboxylic acids is 1. The Kier molecular flexibility index (Phi) is 8.75. The number of benzene rings is 2. The molecule has 0 bridgehead atoms. The van der Waals surface area contributed by atoms with Gasteiger partial charge in [-0.25, -0.2) is 9.79 Å². The molecule has 1 atom stereocenters. The number of ether oxygens (including phenoxy) is 4. The van der Waals surface area contributed by atoms with E-state index in [2.05, 4.69) is 4.99 Å². The number of hydrogen-bond acceptors (Lipinski definition) is 9. The van der Waals surface area contributed by atoms with Crippen molar-refractivity contribution in [1.82, 2.24) is 4.57 Å². The summed E-state index contributed by atoms with van der Waals surface area (Å²) in [6, 6.07) is 9.51. The lowest BCUT2D eigenvalue weighted by molar-refractivity contribution is -0.139. The molecule has 2 heterocycles. The monoisotopic (exact) mass is 552 g/mol. The molecule has 0 saturated carbocycles. The van der Waals surface area contributed by atoms with Crippen LogP contribution in [0, 0.1) is 0 Å². The van der Waals surface area contributed by atoms with E-state index in [1.54, 1.807) is 44.2 Å². The molecule has 0 fully saturated rings. The van der Waals surface area contributed by atoms with Crippen molar-refractivity contribution in [1.29, 1.82) is 0 Å². The van der Waals surface area contributed by atoms with Crippen molar-refractivity contribution in [3.05, 3.63) is 78.5 Å². The van der Waals surface area contributed by atoms with Gasteiger partial charge in [0.2, 0.25) is 0 Å². The molecule has 0 aliphatic carbocycles. The Hall–Kier alpha value is -4.05. The minimum atomic E-state index is -0.781. The molecular weight excluding hydrogens is 520 g/mol. The molecule has 1 N–H and O–H groups in total. The number of carbonyl (C=O) groups is 1. The van der Waals surface area contributed by atoms with Gasteiger partial charge in [-0.1, -0.05) is 23.5 Å². The van der Waals surface area contributed by atoms with E-state index in [9.17, 15) is 14.7 Å². The molecule has 9 nitrogen and oxygen atoms in total. The van der Waals surface area contributed by atoms with Crippen molar-refractivity contribution in [2.45, 2.75) is 40.7 Å². The van der Waals surface area contributed by atoms with Gasteiger partial charge in [0.1, 0.15) is 0 Å². The van der Waals surface area contributed by atoms with E-state index in [1.807, 2.05) is 26.8 Å². The number of thiazole rings is 1. The number of rotatable bonds is 10. The minimum absolute atomic E-state index is 0.0192. The second-order valence-corrected chi connectivity index (χ2v) is 9.54. The number of nitrogens with zero attached hydrogens (tertiary/aromatic N) is 2. The maximum atomic E-state index is 13.9. The van der Waals surface area contributed by atoms with Crippen molar-refractivity contribution >= 4 is 23.4 Å². The largest absolute Gasteiger partial charge is 0.504 e. The second kappa shape index (κ2) is 12.2. The first-order valence-electron chi connectivity index (χ1n) is 12.9. The number of aromatic hydroxyl groups is 1. The van der Waals surface area contributed by atoms with Gasteiger partial charge >= 0.3 is 5.97 Å². The summed E-state index contributed by atoms with van der Waals surface area (Å²) in [6.07, 6.45) is 1.72. The summed E-state index contributed by atoms with van der Waals surface area (Å²) in [5.41, 5.74) is 1.79. The maximum absolute atomic E-state index is 13.9. The average molecular weight is 553 g/mol. The molecule has 206 valence electrons. The fourth-order valence-corrected chi connectivity index (χ4v) is 5.43. The summed E-state index contributed by atoms with van der Waals surface area (Å²) in [5.74, 6) is 0.904. The fraction of sp³-hybridized carbons (Fsp3) is 0.345. The summed E-state index contributed by atoms with van der Waals surface area (Å²) in [7, 11) is 0. The Morgan fingerprint density at radius 3 is 2.36 bits per heavy atom. The quantitative estimate of drug-likeness (QED) is 0.382. The van der Waals surface area contributed by atoms with Crippen LogP contribution in [0.3, 0.4) is 0 Å². The predicted molar refractivity (Wildman–Crippen MR) is 148 cm³/mol. The first-order chi connectivity index (χ1) is 18.8. The highest BCUT2D eigenvalue weighted by atomic mass is 32.1. The topological polar surface area (TPSA) is 109 Å². The normalized spacial score (nSPS) is 15.0. The van der Waals surface area contributed by atoms with E-state index in [1.165, 1.54) is 22.0 Å². The zero-order valence-corrected chi connectivity index (χ0v) is 23.5. The van der Waals surface area contributed by atoms with Crippen LogP contribution in [0.1, 0.15) is 51.8 Å².